The van der Waals surface area contributed by atoms with E-state index in [-0.39, 0.29) is 5.78 Å². The lowest BCUT2D eigenvalue weighted by Gasteiger charge is -2.17. The molecule has 140 valence electrons. The minimum Gasteiger partial charge on any atom is -0.349 e. The highest BCUT2D eigenvalue weighted by Crippen LogP contribution is 2.41. The molecular formula is C19H27N5OS. The van der Waals surface area contributed by atoms with E-state index in [2.05, 4.69) is 38.1 Å². The molecule has 1 saturated heterocycles. The van der Waals surface area contributed by atoms with Gasteiger partial charge in [0, 0.05) is 42.6 Å². The maximum absolute atomic E-state index is 12.8. The number of carbonyl (C=O) groups excluding carboxylic acids is 1. The van der Waals surface area contributed by atoms with Crippen LogP contribution in [0.5, 0.6) is 0 Å². The highest BCUT2D eigenvalue weighted by Gasteiger charge is 2.32. The minimum atomic E-state index is 0.177. The van der Waals surface area contributed by atoms with Crippen LogP contribution in [0.1, 0.15) is 60.4 Å². The second kappa shape index (κ2) is 7.10. The first kappa shape index (κ1) is 17.6. The van der Waals surface area contributed by atoms with Gasteiger partial charge in [-0.15, -0.1) is 10.2 Å². The van der Waals surface area contributed by atoms with Crippen molar-refractivity contribution in [2.45, 2.75) is 64.2 Å². The van der Waals surface area contributed by atoms with Crippen molar-refractivity contribution >= 4 is 23.5 Å². The molecule has 0 radical (unpaired) electrons. The Kier molecular flexibility index (Phi) is 4.82. The van der Waals surface area contributed by atoms with Crippen molar-refractivity contribution in [3.8, 4) is 0 Å². The first-order valence-corrected chi connectivity index (χ1v) is 10.6. The summed E-state index contributed by atoms with van der Waals surface area (Å²) in [5, 5.41) is 9.78. The average Bonchev–Trinajstić information content (AvgIpc) is 3.06. The maximum atomic E-state index is 12.8. The molecule has 1 aliphatic carbocycles. The van der Waals surface area contributed by atoms with Crippen LogP contribution in [-0.2, 0) is 6.54 Å². The van der Waals surface area contributed by atoms with E-state index in [9.17, 15) is 4.79 Å². The summed E-state index contributed by atoms with van der Waals surface area (Å²) < 4.78 is 4.47. The molecule has 2 aromatic rings. The predicted molar refractivity (Wildman–Crippen MR) is 104 cm³/mol. The summed E-state index contributed by atoms with van der Waals surface area (Å²) in [6.45, 7) is 9.24. The number of carbonyl (C=O) groups is 1. The summed E-state index contributed by atoms with van der Waals surface area (Å²) in [6.07, 6.45) is 4.84. The van der Waals surface area contributed by atoms with Gasteiger partial charge in [0.15, 0.2) is 10.9 Å². The third-order valence-corrected chi connectivity index (χ3v) is 6.41. The SMILES string of the molecule is CCn1c(C)cc(C(=O)CSc2nnc(N3CCCC3)n2C2CC2)c1C. The van der Waals surface area contributed by atoms with E-state index in [0.29, 0.717) is 11.8 Å². The number of hydrogen-bond acceptors (Lipinski definition) is 5. The zero-order chi connectivity index (χ0) is 18.3. The summed E-state index contributed by atoms with van der Waals surface area (Å²) in [7, 11) is 0. The number of ketones is 1. The van der Waals surface area contributed by atoms with Crippen LogP contribution in [0.25, 0.3) is 0 Å². The standard InChI is InChI=1S/C19H27N5OS/c1-4-23-13(2)11-16(14(23)3)17(25)12-26-19-21-20-18(22-9-5-6-10-22)24(19)15-7-8-15/h11,15H,4-10,12H2,1-3H3. The smallest absolute Gasteiger partial charge is 0.228 e. The second-order valence-electron chi connectivity index (χ2n) is 7.32. The van der Waals surface area contributed by atoms with Crippen molar-refractivity contribution in [1.82, 2.24) is 19.3 Å². The zero-order valence-electron chi connectivity index (χ0n) is 15.9. The van der Waals surface area contributed by atoms with Gasteiger partial charge < -0.3 is 9.47 Å². The number of aryl methyl sites for hydroxylation is 1. The van der Waals surface area contributed by atoms with Gasteiger partial charge in [-0.1, -0.05) is 11.8 Å². The van der Waals surface area contributed by atoms with Crippen molar-refractivity contribution in [3.63, 3.8) is 0 Å². The Labute approximate surface area is 159 Å². The number of nitrogens with zero attached hydrogens (tertiary/aromatic N) is 5. The monoisotopic (exact) mass is 373 g/mol. The van der Waals surface area contributed by atoms with Crippen molar-refractivity contribution in [3.05, 3.63) is 23.0 Å². The number of Topliss-reactive ketones (excluding diaryl/α,β-unsaturated/α-hetero) is 1. The Morgan fingerprint density at radius 2 is 1.96 bits per heavy atom. The lowest BCUT2D eigenvalue weighted by Crippen LogP contribution is -2.22. The average molecular weight is 374 g/mol. The molecule has 0 unspecified atom stereocenters. The fraction of sp³-hybridized carbons (Fsp3) is 0.632. The number of hydrogen-bond donors (Lipinski definition) is 0. The molecule has 0 spiro atoms. The summed E-state index contributed by atoms with van der Waals surface area (Å²) in [4.78, 5) is 15.1. The number of thioether (sulfide) groups is 1. The normalized spacial score (nSPS) is 17.3. The first-order valence-electron chi connectivity index (χ1n) is 9.62. The molecule has 6 nitrogen and oxygen atoms in total. The van der Waals surface area contributed by atoms with Crippen LogP contribution in [0.2, 0.25) is 0 Å². The van der Waals surface area contributed by atoms with Crippen LogP contribution in [0.15, 0.2) is 11.2 Å². The summed E-state index contributed by atoms with van der Waals surface area (Å²) in [5.41, 5.74) is 3.06. The highest BCUT2D eigenvalue weighted by molar-refractivity contribution is 7.99. The molecule has 0 amide bonds. The van der Waals surface area contributed by atoms with E-state index in [1.165, 1.54) is 37.4 Å². The number of rotatable bonds is 7. The molecule has 7 heteroatoms. The molecule has 0 N–H and O–H groups in total. The fourth-order valence-electron chi connectivity index (χ4n) is 3.93. The van der Waals surface area contributed by atoms with E-state index < -0.39 is 0 Å². The van der Waals surface area contributed by atoms with Crippen LogP contribution in [-0.4, -0.2) is 44.0 Å². The van der Waals surface area contributed by atoms with E-state index >= 15 is 0 Å². The molecule has 3 heterocycles. The maximum Gasteiger partial charge on any atom is 0.228 e. The second-order valence-corrected chi connectivity index (χ2v) is 8.26. The predicted octanol–water partition coefficient (Wildman–Crippen LogP) is 3.63. The quantitative estimate of drug-likeness (QED) is 0.548. The van der Waals surface area contributed by atoms with Gasteiger partial charge in [-0.2, -0.15) is 0 Å². The number of anilines is 1. The Bertz CT molecular complexity index is 814. The third-order valence-electron chi connectivity index (χ3n) is 5.47. The Morgan fingerprint density at radius 1 is 1.23 bits per heavy atom. The van der Waals surface area contributed by atoms with Gasteiger partial charge in [-0.05, 0) is 52.5 Å². The van der Waals surface area contributed by atoms with Gasteiger partial charge >= 0.3 is 0 Å². The molecule has 1 saturated carbocycles. The van der Waals surface area contributed by atoms with E-state index in [4.69, 9.17) is 0 Å². The Morgan fingerprint density at radius 3 is 2.58 bits per heavy atom. The summed E-state index contributed by atoms with van der Waals surface area (Å²) in [6, 6.07) is 2.53. The van der Waals surface area contributed by atoms with Crippen molar-refractivity contribution < 1.29 is 4.79 Å². The largest absolute Gasteiger partial charge is 0.349 e. The molecule has 0 aromatic carbocycles. The Balaban J connectivity index is 1.50. The molecule has 26 heavy (non-hydrogen) atoms. The van der Waals surface area contributed by atoms with Crippen LogP contribution in [0.3, 0.4) is 0 Å². The molecule has 2 aromatic heterocycles. The van der Waals surface area contributed by atoms with E-state index in [1.54, 1.807) is 0 Å². The molecule has 4 rings (SSSR count). The third kappa shape index (κ3) is 3.17. The highest BCUT2D eigenvalue weighted by atomic mass is 32.2. The summed E-state index contributed by atoms with van der Waals surface area (Å²) in [5.74, 6) is 1.60. The molecule has 2 aliphatic rings. The first-order chi connectivity index (χ1) is 12.6. The molecule has 0 bridgehead atoms. The molecule has 2 fully saturated rings. The Hall–Kier alpha value is -1.76. The van der Waals surface area contributed by atoms with Crippen LogP contribution in [0.4, 0.5) is 5.95 Å². The summed E-state index contributed by atoms with van der Waals surface area (Å²) >= 11 is 1.53. The lowest BCUT2D eigenvalue weighted by molar-refractivity contribution is 0.102. The van der Waals surface area contributed by atoms with Crippen molar-refractivity contribution in [2.24, 2.45) is 0 Å². The van der Waals surface area contributed by atoms with Gasteiger partial charge in [0.25, 0.3) is 0 Å². The van der Waals surface area contributed by atoms with Gasteiger partial charge in [-0.3, -0.25) is 9.36 Å². The van der Waals surface area contributed by atoms with Crippen molar-refractivity contribution in [2.75, 3.05) is 23.7 Å². The van der Waals surface area contributed by atoms with Crippen molar-refractivity contribution in [1.29, 1.82) is 0 Å². The van der Waals surface area contributed by atoms with Gasteiger partial charge in [0.1, 0.15) is 0 Å². The lowest BCUT2D eigenvalue weighted by atomic mass is 10.2. The van der Waals surface area contributed by atoms with E-state index in [0.717, 1.165) is 47.7 Å². The van der Waals surface area contributed by atoms with Crippen LogP contribution in [0, 0.1) is 13.8 Å². The van der Waals surface area contributed by atoms with Crippen LogP contribution >= 0.6 is 11.8 Å². The molecule has 1 aliphatic heterocycles. The topological polar surface area (TPSA) is 56.0 Å². The minimum absolute atomic E-state index is 0.177. The van der Waals surface area contributed by atoms with E-state index in [1.807, 2.05) is 13.0 Å². The fourth-order valence-corrected chi connectivity index (χ4v) is 4.81. The molecule has 0 atom stereocenters. The van der Waals surface area contributed by atoms with Gasteiger partial charge in [0.05, 0.1) is 5.75 Å². The van der Waals surface area contributed by atoms with Crippen LogP contribution < -0.4 is 4.90 Å². The van der Waals surface area contributed by atoms with Gasteiger partial charge in [-0.25, -0.2) is 0 Å². The van der Waals surface area contributed by atoms with Gasteiger partial charge in [0.2, 0.25) is 5.95 Å². The number of aromatic nitrogens is 4. The zero-order valence-corrected chi connectivity index (χ0v) is 16.7. The molecular weight excluding hydrogens is 346 g/mol.